The van der Waals surface area contributed by atoms with Gasteiger partial charge in [0.05, 0.1) is 12.1 Å². The summed E-state index contributed by atoms with van der Waals surface area (Å²) in [6.07, 6.45) is 0.950. The van der Waals surface area contributed by atoms with Crippen LogP contribution in [-0.2, 0) is 11.3 Å². The van der Waals surface area contributed by atoms with E-state index >= 15 is 0 Å². The van der Waals surface area contributed by atoms with Gasteiger partial charge in [0, 0.05) is 37.8 Å². The van der Waals surface area contributed by atoms with E-state index in [-0.39, 0.29) is 24.3 Å². The molecular weight excluding hydrogens is 396 g/mol. The van der Waals surface area contributed by atoms with E-state index in [0.29, 0.717) is 32.6 Å². The van der Waals surface area contributed by atoms with Gasteiger partial charge in [-0.25, -0.2) is 15.2 Å². The Bertz CT molecular complexity index is 846. The molecule has 10 heteroatoms. The number of hydrazine groups is 2. The van der Waals surface area contributed by atoms with Crippen LogP contribution in [0.4, 0.5) is 4.79 Å². The molecule has 4 rings (SSSR count). The molecule has 3 aliphatic rings. The Morgan fingerprint density at radius 1 is 1.32 bits per heavy atom. The van der Waals surface area contributed by atoms with Gasteiger partial charge in [-0.2, -0.15) is 0 Å². The molecule has 2 atom stereocenters. The van der Waals surface area contributed by atoms with E-state index in [4.69, 9.17) is 5.84 Å². The van der Waals surface area contributed by atoms with Crippen LogP contribution in [0.2, 0.25) is 0 Å². The van der Waals surface area contributed by atoms with Crippen LogP contribution in [0, 0.1) is 0 Å². The molecular formula is C21H32N8O2. The highest BCUT2D eigenvalue weighted by molar-refractivity contribution is 5.77. The Hall–Kier alpha value is -2.66. The van der Waals surface area contributed by atoms with Crippen LogP contribution < -0.4 is 32.6 Å². The van der Waals surface area contributed by atoms with E-state index in [1.54, 1.807) is 5.01 Å². The van der Waals surface area contributed by atoms with Crippen molar-refractivity contribution in [1.82, 2.24) is 36.7 Å². The molecule has 31 heavy (non-hydrogen) atoms. The van der Waals surface area contributed by atoms with Crippen molar-refractivity contribution >= 4 is 11.9 Å². The molecule has 0 saturated carbocycles. The molecule has 1 fully saturated rings. The molecule has 0 aromatic heterocycles. The van der Waals surface area contributed by atoms with Crippen molar-refractivity contribution in [3.63, 3.8) is 0 Å². The molecule has 7 N–H and O–H groups in total. The second-order valence-corrected chi connectivity index (χ2v) is 8.74. The number of urea groups is 1. The van der Waals surface area contributed by atoms with Crippen LogP contribution in [0.15, 0.2) is 41.6 Å². The Balaban J connectivity index is 1.34. The number of nitrogens with zero attached hydrogens (tertiary/aromatic N) is 2. The molecule has 3 heterocycles. The van der Waals surface area contributed by atoms with Gasteiger partial charge in [0.2, 0.25) is 5.91 Å². The number of nitrogens with two attached hydrogens (primary N) is 1. The van der Waals surface area contributed by atoms with E-state index in [1.165, 1.54) is 0 Å². The molecule has 1 saturated heterocycles. The number of benzene rings is 1. The van der Waals surface area contributed by atoms with Gasteiger partial charge in [-0.1, -0.05) is 30.3 Å². The second-order valence-electron chi connectivity index (χ2n) is 8.74. The predicted octanol–water partition coefficient (Wildman–Crippen LogP) is -0.320. The zero-order valence-corrected chi connectivity index (χ0v) is 18.1. The van der Waals surface area contributed by atoms with Crippen LogP contribution >= 0.6 is 0 Å². The maximum absolute atomic E-state index is 12.9. The van der Waals surface area contributed by atoms with Crippen LogP contribution in [0.1, 0.15) is 32.3 Å². The summed E-state index contributed by atoms with van der Waals surface area (Å²) < 4.78 is 0. The van der Waals surface area contributed by atoms with Crippen molar-refractivity contribution in [1.29, 1.82) is 0 Å². The highest BCUT2D eigenvalue weighted by Gasteiger charge is 2.45. The summed E-state index contributed by atoms with van der Waals surface area (Å²) in [7, 11) is 0. The monoisotopic (exact) mass is 428 g/mol. The summed E-state index contributed by atoms with van der Waals surface area (Å²) in [5.41, 5.74) is 8.65. The quantitative estimate of drug-likeness (QED) is 0.280. The lowest BCUT2D eigenvalue weighted by Gasteiger charge is -2.40. The molecule has 0 spiro atoms. The number of carbonyl (C=O) groups is 2. The normalized spacial score (nSPS) is 25.2. The number of rotatable bonds is 5. The molecule has 0 aliphatic carbocycles. The van der Waals surface area contributed by atoms with Crippen molar-refractivity contribution < 1.29 is 9.59 Å². The molecule has 0 radical (unpaired) electrons. The lowest BCUT2D eigenvalue weighted by Crippen LogP contribution is -2.65. The van der Waals surface area contributed by atoms with E-state index < -0.39 is 5.54 Å². The third-order valence-corrected chi connectivity index (χ3v) is 6.41. The van der Waals surface area contributed by atoms with Gasteiger partial charge in [-0.3, -0.25) is 21.4 Å². The highest BCUT2D eigenvalue weighted by atomic mass is 16.2. The fourth-order valence-corrected chi connectivity index (χ4v) is 4.43. The summed E-state index contributed by atoms with van der Waals surface area (Å²) in [6, 6.07) is 9.80. The van der Waals surface area contributed by atoms with Crippen molar-refractivity contribution in [2.45, 2.75) is 51.1 Å². The van der Waals surface area contributed by atoms with Crippen molar-refractivity contribution in [3.8, 4) is 0 Å². The minimum Gasteiger partial charge on any atom is -0.358 e. The zero-order valence-electron chi connectivity index (χ0n) is 18.1. The molecule has 3 amide bonds. The molecule has 0 bridgehead atoms. The first-order valence-electron chi connectivity index (χ1n) is 10.7. The lowest BCUT2D eigenvalue weighted by atomic mass is 9.94. The first-order valence-corrected chi connectivity index (χ1v) is 10.7. The minimum atomic E-state index is -0.433. The molecule has 2 unspecified atom stereocenters. The first-order chi connectivity index (χ1) is 14.9. The Morgan fingerprint density at radius 3 is 2.81 bits per heavy atom. The third-order valence-electron chi connectivity index (χ3n) is 6.41. The fraction of sp³-hybridized carbons (Fsp3) is 0.524. The Kier molecular flexibility index (Phi) is 6.15. The SMILES string of the molecule is CC1(C)C2=C(CN1C(=O)NNCc1ccccc1)NC(N(N)C1CCC(=O)NC1)NC2. The average Bonchev–Trinajstić information content (AvgIpc) is 3.04. The fourth-order valence-electron chi connectivity index (χ4n) is 4.43. The van der Waals surface area contributed by atoms with Crippen LogP contribution in [-0.4, -0.2) is 59.4 Å². The number of carbonyl (C=O) groups excluding carboxylic acids is 2. The lowest BCUT2D eigenvalue weighted by molar-refractivity contribution is -0.123. The Labute approximate surface area is 182 Å². The number of nitrogens with one attached hydrogen (secondary N) is 5. The maximum Gasteiger partial charge on any atom is 0.332 e. The summed E-state index contributed by atoms with van der Waals surface area (Å²) in [4.78, 5) is 26.1. The largest absolute Gasteiger partial charge is 0.358 e. The van der Waals surface area contributed by atoms with Crippen LogP contribution in [0.5, 0.6) is 0 Å². The third kappa shape index (κ3) is 4.52. The highest BCUT2D eigenvalue weighted by Crippen LogP contribution is 2.34. The van der Waals surface area contributed by atoms with Crippen molar-refractivity contribution in [2.24, 2.45) is 5.84 Å². The summed E-state index contributed by atoms with van der Waals surface area (Å²) >= 11 is 0. The second kappa shape index (κ2) is 8.83. The first kappa shape index (κ1) is 21.6. The van der Waals surface area contributed by atoms with Gasteiger partial charge in [-0.15, -0.1) is 0 Å². The summed E-state index contributed by atoms with van der Waals surface area (Å²) in [5.74, 6) is 6.43. The average molecular weight is 429 g/mol. The van der Waals surface area contributed by atoms with Crippen LogP contribution in [0.3, 0.4) is 0 Å². The van der Waals surface area contributed by atoms with Crippen molar-refractivity contribution in [3.05, 3.63) is 47.2 Å². The minimum absolute atomic E-state index is 0.0563. The van der Waals surface area contributed by atoms with Gasteiger partial charge in [-0.05, 0) is 31.4 Å². The van der Waals surface area contributed by atoms with Crippen LogP contribution in [0.25, 0.3) is 0 Å². The van der Waals surface area contributed by atoms with Gasteiger partial charge < -0.3 is 15.5 Å². The van der Waals surface area contributed by atoms with Gasteiger partial charge in [0.15, 0.2) is 0 Å². The Morgan fingerprint density at radius 2 is 2.10 bits per heavy atom. The zero-order chi connectivity index (χ0) is 22.0. The van der Waals surface area contributed by atoms with E-state index in [0.717, 1.165) is 23.3 Å². The van der Waals surface area contributed by atoms with Gasteiger partial charge in [0.1, 0.15) is 6.29 Å². The number of hydrogen-bond acceptors (Lipinski definition) is 7. The van der Waals surface area contributed by atoms with Gasteiger partial charge in [0.25, 0.3) is 0 Å². The van der Waals surface area contributed by atoms with Crippen molar-refractivity contribution in [2.75, 3.05) is 19.6 Å². The van der Waals surface area contributed by atoms with E-state index in [1.807, 2.05) is 49.1 Å². The standard InChI is InChI=1S/C21H32N8O2/c1-21(2)16-12-24-19(29(22)15-8-9-18(30)23-11-15)26-17(16)13-28(21)20(31)27-25-10-14-6-4-3-5-7-14/h3-7,15,19,24-26H,8-13,22H2,1-2H3,(H,23,30)(H,27,31). The number of hydrogen-bond donors (Lipinski definition) is 6. The topological polar surface area (TPSA) is 127 Å². The molecule has 1 aromatic carbocycles. The van der Waals surface area contributed by atoms with E-state index in [2.05, 4.69) is 26.8 Å². The van der Waals surface area contributed by atoms with E-state index in [9.17, 15) is 9.59 Å². The maximum atomic E-state index is 12.9. The smallest absolute Gasteiger partial charge is 0.332 e. The molecule has 10 nitrogen and oxygen atoms in total. The molecule has 3 aliphatic heterocycles. The number of piperidine rings is 1. The predicted molar refractivity (Wildman–Crippen MR) is 117 cm³/mol. The summed E-state index contributed by atoms with van der Waals surface area (Å²) in [6.45, 7) is 6.30. The summed E-state index contributed by atoms with van der Waals surface area (Å²) in [5, 5.41) is 11.5. The molecule has 1 aromatic rings. The molecule has 168 valence electrons. The van der Waals surface area contributed by atoms with Gasteiger partial charge >= 0.3 is 6.03 Å². The number of amides is 3.